The van der Waals surface area contributed by atoms with Crippen molar-refractivity contribution in [1.82, 2.24) is 4.98 Å². The third-order valence-corrected chi connectivity index (χ3v) is 2.52. The lowest BCUT2D eigenvalue weighted by molar-refractivity contribution is -0.117. The van der Waals surface area contributed by atoms with Gasteiger partial charge < -0.3 is 0 Å². The second kappa shape index (κ2) is 4.71. The van der Waals surface area contributed by atoms with E-state index in [2.05, 4.69) is 11.1 Å². The summed E-state index contributed by atoms with van der Waals surface area (Å²) in [6.45, 7) is 1.61. The fourth-order valence-corrected chi connectivity index (χ4v) is 1.81. The van der Waals surface area contributed by atoms with Crippen molar-refractivity contribution in [3.05, 3.63) is 66.0 Å². The van der Waals surface area contributed by atoms with E-state index in [-0.39, 0.29) is 11.7 Å². The summed E-state index contributed by atoms with van der Waals surface area (Å²) in [6, 6.07) is 14.2. The molecule has 2 heteroatoms. The molecule has 1 aromatic carbocycles. The monoisotopic (exact) mass is 210 g/mol. The average molecular weight is 210 g/mol. The minimum Gasteiger partial charge on any atom is -0.299 e. The predicted octanol–water partition coefficient (Wildman–Crippen LogP) is 2.60. The van der Waals surface area contributed by atoms with Gasteiger partial charge in [-0.15, -0.1) is 0 Å². The van der Waals surface area contributed by atoms with Crippen LogP contribution in [0.15, 0.2) is 48.8 Å². The zero-order chi connectivity index (χ0) is 11.4. The summed E-state index contributed by atoms with van der Waals surface area (Å²) in [5, 5.41) is 0. The molecule has 1 unspecified atom stereocenters. The number of aromatic nitrogens is 1. The maximum absolute atomic E-state index is 11.7. The smallest absolute Gasteiger partial charge is 0.141 e. The van der Waals surface area contributed by atoms with E-state index in [0.29, 0.717) is 0 Å². The minimum absolute atomic E-state index is 0.136. The molecule has 0 aliphatic rings. The summed E-state index contributed by atoms with van der Waals surface area (Å²) in [5.74, 6) is -0.0602. The number of pyridine rings is 1. The van der Waals surface area contributed by atoms with Gasteiger partial charge in [-0.25, -0.2) is 0 Å². The Morgan fingerprint density at radius 3 is 2.25 bits per heavy atom. The van der Waals surface area contributed by atoms with Gasteiger partial charge in [0.1, 0.15) is 5.78 Å². The molecular formula is C14H12NO. The average Bonchev–Trinajstić information content (AvgIpc) is 2.31. The van der Waals surface area contributed by atoms with Gasteiger partial charge >= 0.3 is 0 Å². The highest BCUT2D eigenvalue weighted by Gasteiger charge is 2.18. The number of carbonyl (C=O) groups excluding carboxylic acids is 1. The Morgan fingerprint density at radius 1 is 1.12 bits per heavy atom. The van der Waals surface area contributed by atoms with Gasteiger partial charge in [-0.1, -0.05) is 24.3 Å². The minimum atomic E-state index is -0.197. The molecule has 0 aliphatic carbocycles. The van der Waals surface area contributed by atoms with E-state index in [4.69, 9.17) is 0 Å². The molecule has 2 rings (SSSR count). The van der Waals surface area contributed by atoms with Gasteiger partial charge in [-0.2, -0.15) is 0 Å². The predicted molar refractivity (Wildman–Crippen MR) is 62.0 cm³/mol. The maximum Gasteiger partial charge on any atom is 0.141 e. The molecule has 16 heavy (non-hydrogen) atoms. The lowest BCUT2D eigenvalue weighted by Gasteiger charge is -2.14. The van der Waals surface area contributed by atoms with Crippen molar-refractivity contribution in [2.75, 3.05) is 0 Å². The van der Waals surface area contributed by atoms with Crippen molar-refractivity contribution in [1.29, 1.82) is 0 Å². The maximum atomic E-state index is 11.7. The molecule has 2 aromatic rings. The summed E-state index contributed by atoms with van der Waals surface area (Å²) in [7, 11) is 0. The largest absolute Gasteiger partial charge is 0.299 e. The van der Waals surface area contributed by atoms with Gasteiger partial charge in [-0.3, -0.25) is 9.78 Å². The Morgan fingerprint density at radius 2 is 1.69 bits per heavy atom. The second-order valence-corrected chi connectivity index (χ2v) is 3.66. The Labute approximate surface area is 95.0 Å². The van der Waals surface area contributed by atoms with Crippen molar-refractivity contribution < 1.29 is 4.79 Å². The van der Waals surface area contributed by atoms with Crippen LogP contribution in [0.3, 0.4) is 0 Å². The Balaban J connectivity index is 2.44. The van der Waals surface area contributed by atoms with Crippen LogP contribution in [0.25, 0.3) is 0 Å². The van der Waals surface area contributed by atoms with E-state index in [1.165, 1.54) is 0 Å². The number of carbonyl (C=O) groups is 1. The topological polar surface area (TPSA) is 30.0 Å². The fourth-order valence-electron chi connectivity index (χ4n) is 1.81. The van der Waals surface area contributed by atoms with Crippen LogP contribution in [0.4, 0.5) is 0 Å². The molecule has 0 N–H and O–H groups in total. The molecule has 0 spiro atoms. The van der Waals surface area contributed by atoms with E-state index in [9.17, 15) is 4.79 Å². The number of hydrogen-bond acceptors (Lipinski definition) is 2. The van der Waals surface area contributed by atoms with Gasteiger partial charge in [0.2, 0.25) is 0 Å². The van der Waals surface area contributed by atoms with Crippen LogP contribution in [0.5, 0.6) is 0 Å². The van der Waals surface area contributed by atoms with Crippen LogP contribution in [0.1, 0.15) is 24.0 Å². The zero-order valence-electron chi connectivity index (χ0n) is 9.05. The Hall–Kier alpha value is -1.96. The van der Waals surface area contributed by atoms with Gasteiger partial charge in [0.25, 0.3) is 0 Å². The molecule has 0 amide bonds. The number of hydrogen-bond donors (Lipinski definition) is 0. The first-order valence-electron chi connectivity index (χ1n) is 5.15. The Bertz CT molecular complexity index is 425. The molecule has 0 saturated carbocycles. The highest BCUT2D eigenvalue weighted by molar-refractivity contribution is 5.86. The fraction of sp³-hybridized carbons (Fsp3) is 0.143. The van der Waals surface area contributed by atoms with Gasteiger partial charge in [0.05, 0.1) is 5.92 Å². The van der Waals surface area contributed by atoms with Crippen molar-refractivity contribution in [3.63, 3.8) is 0 Å². The lowest BCUT2D eigenvalue weighted by Crippen LogP contribution is -2.10. The summed E-state index contributed by atoms with van der Waals surface area (Å²) < 4.78 is 0. The van der Waals surface area contributed by atoms with Crippen LogP contribution in [-0.4, -0.2) is 10.8 Å². The molecule has 1 aromatic heterocycles. The molecule has 1 radical (unpaired) electrons. The van der Waals surface area contributed by atoms with Crippen molar-refractivity contribution >= 4 is 5.78 Å². The molecular weight excluding hydrogens is 198 g/mol. The molecule has 0 bridgehead atoms. The van der Waals surface area contributed by atoms with Gasteiger partial charge in [0.15, 0.2) is 0 Å². The van der Waals surface area contributed by atoms with E-state index in [0.717, 1.165) is 11.1 Å². The van der Waals surface area contributed by atoms with Gasteiger partial charge in [0, 0.05) is 12.4 Å². The molecule has 79 valence electrons. The van der Waals surface area contributed by atoms with E-state index in [1.54, 1.807) is 19.3 Å². The van der Waals surface area contributed by atoms with E-state index >= 15 is 0 Å². The summed E-state index contributed by atoms with van der Waals surface area (Å²) >= 11 is 0. The van der Waals surface area contributed by atoms with Crippen molar-refractivity contribution in [2.24, 2.45) is 0 Å². The van der Waals surface area contributed by atoms with Crippen LogP contribution in [0, 0.1) is 6.07 Å². The summed E-state index contributed by atoms with van der Waals surface area (Å²) in [5.41, 5.74) is 1.98. The SMILES string of the molecule is CC(=O)C(c1cc[c]cc1)c1ccncc1. The number of benzene rings is 1. The van der Waals surface area contributed by atoms with Crippen molar-refractivity contribution in [2.45, 2.75) is 12.8 Å². The van der Waals surface area contributed by atoms with E-state index in [1.807, 2.05) is 36.4 Å². The molecule has 1 atom stereocenters. The lowest BCUT2D eigenvalue weighted by atomic mass is 9.89. The number of Topliss-reactive ketones (excluding diaryl/α,β-unsaturated/α-hetero) is 1. The first kappa shape index (κ1) is 10.6. The number of ketones is 1. The highest BCUT2D eigenvalue weighted by Crippen LogP contribution is 2.24. The summed E-state index contributed by atoms with van der Waals surface area (Å²) in [4.78, 5) is 15.7. The molecule has 2 nitrogen and oxygen atoms in total. The van der Waals surface area contributed by atoms with E-state index < -0.39 is 0 Å². The third kappa shape index (κ3) is 2.16. The van der Waals surface area contributed by atoms with Crippen LogP contribution in [-0.2, 0) is 4.79 Å². The zero-order valence-corrected chi connectivity index (χ0v) is 9.05. The first-order chi connectivity index (χ1) is 7.79. The number of nitrogens with zero attached hydrogens (tertiary/aromatic N) is 1. The van der Waals surface area contributed by atoms with Crippen LogP contribution < -0.4 is 0 Å². The second-order valence-electron chi connectivity index (χ2n) is 3.66. The van der Waals surface area contributed by atoms with Gasteiger partial charge in [-0.05, 0) is 36.2 Å². The normalized spacial score (nSPS) is 12.1. The molecule has 1 heterocycles. The quantitative estimate of drug-likeness (QED) is 0.779. The molecule has 0 aliphatic heterocycles. The van der Waals surface area contributed by atoms with Crippen LogP contribution in [0.2, 0.25) is 0 Å². The molecule has 0 fully saturated rings. The highest BCUT2D eigenvalue weighted by atomic mass is 16.1. The first-order valence-corrected chi connectivity index (χ1v) is 5.15. The van der Waals surface area contributed by atoms with Crippen LogP contribution >= 0.6 is 0 Å². The number of rotatable bonds is 3. The Kier molecular flexibility index (Phi) is 3.10. The molecule has 0 saturated heterocycles. The van der Waals surface area contributed by atoms with Crippen molar-refractivity contribution in [3.8, 4) is 0 Å². The standard InChI is InChI=1S/C14H12NO/c1-11(16)14(12-5-3-2-4-6-12)13-7-9-15-10-8-13/h3-10,14H,1H3. The summed E-state index contributed by atoms with van der Waals surface area (Å²) in [6.07, 6.45) is 3.42. The third-order valence-electron chi connectivity index (χ3n) is 2.52.